The van der Waals surface area contributed by atoms with Gasteiger partial charge in [0.1, 0.15) is 5.65 Å². The Morgan fingerprint density at radius 3 is 3.04 bits per heavy atom. The number of H-pyrrole nitrogens is 1. The Kier molecular flexibility index (Phi) is 4.43. The van der Waals surface area contributed by atoms with Gasteiger partial charge in [-0.1, -0.05) is 18.0 Å². The van der Waals surface area contributed by atoms with Crippen molar-refractivity contribution in [3.05, 3.63) is 35.5 Å². The van der Waals surface area contributed by atoms with Crippen LogP contribution in [0.25, 0.3) is 22.4 Å². The predicted octanol–water partition coefficient (Wildman–Crippen LogP) is 4.31. The zero-order chi connectivity index (χ0) is 18.1. The van der Waals surface area contributed by atoms with Crippen molar-refractivity contribution < 1.29 is 4.39 Å². The van der Waals surface area contributed by atoms with Crippen molar-refractivity contribution in [2.45, 2.75) is 31.7 Å². The molecule has 0 amide bonds. The van der Waals surface area contributed by atoms with Crippen molar-refractivity contribution in [3.8, 4) is 17.5 Å². The first kappa shape index (κ1) is 16.7. The average Bonchev–Trinajstić information content (AvgIpc) is 3.07. The number of halogens is 2. The van der Waals surface area contributed by atoms with Crippen LogP contribution in [-0.4, -0.2) is 26.0 Å². The van der Waals surface area contributed by atoms with Gasteiger partial charge in [0.2, 0.25) is 0 Å². The minimum atomic E-state index is -0.510. The number of hydrogen-bond acceptors (Lipinski definition) is 5. The Bertz CT molecular complexity index is 995. The number of hydrogen-bond donors (Lipinski definition) is 2. The zero-order valence-corrected chi connectivity index (χ0v) is 14.6. The van der Waals surface area contributed by atoms with Gasteiger partial charge >= 0.3 is 0 Å². The molecule has 1 aliphatic rings. The summed E-state index contributed by atoms with van der Waals surface area (Å²) in [4.78, 5) is 15.7. The second kappa shape index (κ2) is 6.89. The molecule has 4 rings (SSSR count). The lowest BCUT2D eigenvalue weighted by Crippen LogP contribution is -2.27. The summed E-state index contributed by atoms with van der Waals surface area (Å²) in [5.74, 6) is 0.0380. The third-order valence-electron chi connectivity index (χ3n) is 4.68. The number of aromatic amines is 1. The maximum absolute atomic E-state index is 14.2. The lowest BCUT2D eigenvalue weighted by atomic mass is 9.87. The van der Waals surface area contributed by atoms with Crippen LogP contribution in [-0.2, 0) is 0 Å². The van der Waals surface area contributed by atoms with E-state index in [4.69, 9.17) is 16.9 Å². The second-order valence-electron chi connectivity index (χ2n) is 6.48. The van der Waals surface area contributed by atoms with E-state index in [9.17, 15) is 4.39 Å². The Hall–Kier alpha value is -2.72. The maximum atomic E-state index is 14.2. The highest BCUT2D eigenvalue weighted by atomic mass is 35.5. The van der Waals surface area contributed by atoms with Gasteiger partial charge in [0.25, 0.3) is 0 Å². The summed E-state index contributed by atoms with van der Waals surface area (Å²) in [5, 5.41) is 13.5. The summed E-state index contributed by atoms with van der Waals surface area (Å²) in [6.07, 6.45) is 7.88. The Morgan fingerprint density at radius 2 is 2.19 bits per heavy atom. The predicted molar refractivity (Wildman–Crippen MR) is 97.1 cm³/mol. The Morgan fingerprint density at radius 1 is 1.31 bits per heavy atom. The van der Waals surface area contributed by atoms with Crippen LogP contribution in [0.4, 0.5) is 10.2 Å². The van der Waals surface area contributed by atoms with E-state index in [0.717, 1.165) is 30.8 Å². The Labute approximate surface area is 154 Å². The lowest BCUT2D eigenvalue weighted by molar-refractivity contribution is 0.393. The van der Waals surface area contributed by atoms with Crippen molar-refractivity contribution in [2.24, 2.45) is 5.92 Å². The van der Waals surface area contributed by atoms with Crippen LogP contribution in [0.1, 0.15) is 25.7 Å². The first-order valence-corrected chi connectivity index (χ1v) is 8.83. The molecule has 6 nitrogen and oxygen atoms in total. The number of nitriles is 1. The summed E-state index contributed by atoms with van der Waals surface area (Å²) >= 11 is 6.03. The summed E-state index contributed by atoms with van der Waals surface area (Å²) in [6, 6.07) is 4.11. The standard InChI is InChI=1S/C18H16ClFN6/c19-11-5-13-14(8-23-16(13)22-7-11)17-24-9-15(20)18(26-17)25-12-3-1-2-10(4-12)6-21/h5,7-10,12H,1-4H2,(H,22,23)(H,24,25,26)/t10-,12+/m1/s1. The molecule has 1 aliphatic carbocycles. The van der Waals surface area contributed by atoms with E-state index in [-0.39, 0.29) is 17.8 Å². The molecule has 3 aromatic heterocycles. The first-order valence-electron chi connectivity index (χ1n) is 8.45. The van der Waals surface area contributed by atoms with Crippen LogP contribution in [0.15, 0.2) is 24.7 Å². The fraction of sp³-hybridized carbons (Fsp3) is 0.333. The van der Waals surface area contributed by atoms with Crippen molar-refractivity contribution in [1.82, 2.24) is 19.9 Å². The Balaban J connectivity index is 1.65. The van der Waals surface area contributed by atoms with Crippen LogP contribution in [0, 0.1) is 23.1 Å². The van der Waals surface area contributed by atoms with Gasteiger partial charge < -0.3 is 10.3 Å². The summed E-state index contributed by atoms with van der Waals surface area (Å²) in [7, 11) is 0. The van der Waals surface area contributed by atoms with Crippen LogP contribution in [0.5, 0.6) is 0 Å². The number of anilines is 1. The fourth-order valence-electron chi connectivity index (χ4n) is 3.39. The highest BCUT2D eigenvalue weighted by Crippen LogP contribution is 2.30. The summed E-state index contributed by atoms with van der Waals surface area (Å²) < 4.78 is 14.2. The lowest BCUT2D eigenvalue weighted by Gasteiger charge is -2.26. The fourth-order valence-corrected chi connectivity index (χ4v) is 3.55. The number of rotatable bonds is 3. The van der Waals surface area contributed by atoms with Gasteiger partial charge in [-0.2, -0.15) is 5.26 Å². The van der Waals surface area contributed by atoms with E-state index in [1.54, 1.807) is 18.5 Å². The number of aromatic nitrogens is 4. The smallest absolute Gasteiger partial charge is 0.183 e. The van der Waals surface area contributed by atoms with Crippen molar-refractivity contribution in [1.29, 1.82) is 5.26 Å². The average molecular weight is 371 g/mol. The topological polar surface area (TPSA) is 90.3 Å². The molecular formula is C18H16ClFN6. The van der Waals surface area contributed by atoms with E-state index in [1.807, 2.05) is 0 Å². The van der Waals surface area contributed by atoms with Crippen molar-refractivity contribution >= 4 is 28.5 Å². The van der Waals surface area contributed by atoms with Crippen LogP contribution in [0.2, 0.25) is 5.02 Å². The third kappa shape index (κ3) is 3.20. The molecule has 1 fully saturated rings. The molecule has 26 heavy (non-hydrogen) atoms. The second-order valence-corrected chi connectivity index (χ2v) is 6.91. The number of fused-ring (bicyclic) bond motifs is 1. The van der Waals surface area contributed by atoms with E-state index < -0.39 is 5.82 Å². The molecule has 0 bridgehead atoms. The molecule has 2 N–H and O–H groups in total. The molecule has 3 heterocycles. The molecule has 0 spiro atoms. The molecule has 0 saturated heterocycles. The number of nitrogens with one attached hydrogen (secondary N) is 2. The van der Waals surface area contributed by atoms with Gasteiger partial charge in [-0.25, -0.2) is 19.3 Å². The van der Waals surface area contributed by atoms with E-state index in [2.05, 4.69) is 31.3 Å². The van der Waals surface area contributed by atoms with Crippen LogP contribution in [0.3, 0.4) is 0 Å². The molecule has 3 aromatic rings. The molecule has 0 aliphatic heterocycles. The van der Waals surface area contributed by atoms with Crippen LogP contribution >= 0.6 is 11.6 Å². The largest absolute Gasteiger partial charge is 0.365 e. The number of nitrogens with zero attached hydrogens (tertiary/aromatic N) is 4. The van der Waals surface area contributed by atoms with Gasteiger partial charge in [0, 0.05) is 35.3 Å². The summed E-state index contributed by atoms with van der Waals surface area (Å²) in [6.45, 7) is 0. The van der Waals surface area contributed by atoms with E-state index >= 15 is 0 Å². The molecular weight excluding hydrogens is 355 g/mol. The first-order chi connectivity index (χ1) is 12.6. The van der Waals surface area contributed by atoms with E-state index in [0.29, 0.717) is 28.5 Å². The minimum absolute atomic E-state index is 0.00690. The monoisotopic (exact) mass is 370 g/mol. The van der Waals surface area contributed by atoms with E-state index in [1.165, 1.54) is 0 Å². The quantitative estimate of drug-likeness (QED) is 0.717. The van der Waals surface area contributed by atoms with Gasteiger partial charge in [0.15, 0.2) is 17.5 Å². The van der Waals surface area contributed by atoms with Gasteiger partial charge in [-0.05, 0) is 25.3 Å². The molecule has 0 aromatic carbocycles. The zero-order valence-electron chi connectivity index (χ0n) is 13.8. The SMILES string of the molecule is N#C[C@@H]1CCC[C@H](Nc2nc(-c3c[nH]c4ncc(Cl)cc34)ncc2F)C1. The third-order valence-corrected chi connectivity index (χ3v) is 4.89. The van der Waals surface area contributed by atoms with Gasteiger partial charge in [-0.15, -0.1) is 0 Å². The molecule has 0 unspecified atom stereocenters. The highest BCUT2D eigenvalue weighted by Gasteiger charge is 2.23. The van der Waals surface area contributed by atoms with Crippen molar-refractivity contribution in [2.75, 3.05) is 5.32 Å². The van der Waals surface area contributed by atoms with Gasteiger partial charge in [0.05, 0.1) is 17.3 Å². The number of pyridine rings is 1. The normalized spacial score (nSPS) is 20.0. The van der Waals surface area contributed by atoms with Crippen molar-refractivity contribution in [3.63, 3.8) is 0 Å². The molecule has 8 heteroatoms. The molecule has 132 valence electrons. The highest BCUT2D eigenvalue weighted by molar-refractivity contribution is 6.31. The van der Waals surface area contributed by atoms with Crippen LogP contribution < -0.4 is 5.32 Å². The summed E-state index contributed by atoms with van der Waals surface area (Å²) in [5.41, 5.74) is 1.37. The molecule has 2 atom stereocenters. The molecule has 1 saturated carbocycles. The molecule has 0 radical (unpaired) electrons. The maximum Gasteiger partial charge on any atom is 0.183 e. The minimum Gasteiger partial charge on any atom is -0.365 e. The van der Waals surface area contributed by atoms with Gasteiger partial charge in [-0.3, -0.25) is 0 Å².